The highest BCUT2D eigenvalue weighted by atomic mass is 19.4. The maximum Gasteiger partial charge on any atom is 0.416 e. The smallest absolute Gasteiger partial charge is 0.368 e. The number of nitrogens with one attached hydrogen (secondary N) is 1. The predicted octanol–water partition coefficient (Wildman–Crippen LogP) is 5.38. The zero-order valence-electron chi connectivity index (χ0n) is 18.6. The lowest BCUT2D eigenvalue weighted by Crippen LogP contribution is -2.23. The molecule has 35 heavy (non-hydrogen) atoms. The normalized spacial score (nSPS) is 11.2. The van der Waals surface area contributed by atoms with E-state index in [1.807, 2.05) is 24.3 Å². The van der Waals surface area contributed by atoms with Crippen molar-refractivity contribution in [2.75, 3.05) is 16.8 Å². The Morgan fingerprint density at radius 1 is 0.943 bits per heavy atom. The van der Waals surface area contributed by atoms with Crippen molar-refractivity contribution in [3.63, 3.8) is 0 Å². The number of pyridine rings is 3. The van der Waals surface area contributed by atoms with Crippen LogP contribution in [0.2, 0.25) is 0 Å². The van der Waals surface area contributed by atoms with Crippen LogP contribution in [0, 0.1) is 0 Å². The summed E-state index contributed by atoms with van der Waals surface area (Å²) in [6.45, 7) is 0.778. The molecule has 0 unspecified atom stereocenters. The van der Waals surface area contributed by atoms with Gasteiger partial charge in [0, 0.05) is 42.8 Å². The third-order valence-electron chi connectivity index (χ3n) is 5.29. The van der Waals surface area contributed by atoms with Gasteiger partial charge in [0.25, 0.3) is 0 Å². The van der Waals surface area contributed by atoms with Gasteiger partial charge in [0.2, 0.25) is 6.41 Å². The molecule has 9 heteroatoms. The van der Waals surface area contributed by atoms with Crippen molar-refractivity contribution in [3.05, 3.63) is 102 Å². The molecule has 0 saturated carbocycles. The number of rotatable bonds is 9. The minimum atomic E-state index is -4.41. The van der Waals surface area contributed by atoms with Crippen LogP contribution in [0.5, 0.6) is 0 Å². The minimum Gasteiger partial charge on any atom is -0.368 e. The maximum absolute atomic E-state index is 13.0. The first-order chi connectivity index (χ1) is 16.9. The zero-order valence-corrected chi connectivity index (χ0v) is 18.6. The number of carbonyl (C=O) groups is 1. The topological polar surface area (TPSA) is 71.0 Å². The van der Waals surface area contributed by atoms with Crippen molar-refractivity contribution in [3.8, 4) is 11.3 Å². The molecule has 0 aliphatic carbocycles. The molecule has 0 bridgehead atoms. The minimum absolute atomic E-state index is 0.285. The number of carbonyl (C=O) groups excluding carboxylic acids is 1. The molecule has 1 aromatic carbocycles. The average molecular weight is 477 g/mol. The van der Waals surface area contributed by atoms with Crippen molar-refractivity contribution >= 4 is 17.9 Å². The van der Waals surface area contributed by atoms with Gasteiger partial charge in [0.15, 0.2) is 5.82 Å². The fraction of sp³-hybridized carbons (Fsp3) is 0.154. The van der Waals surface area contributed by atoms with E-state index in [1.54, 1.807) is 36.8 Å². The summed E-state index contributed by atoms with van der Waals surface area (Å²) in [5.74, 6) is 0.439. The molecule has 0 aliphatic rings. The number of anilines is 2. The molecule has 6 nitrogen and oxygen atoms in total. The van der Waals surface area contributed by atoms with Crippen LogP contribution in [0.25, 0.3) is 11.3 Å². The molecule has 0 radical (unpaired) electrons. The first kappa shape index (κ1) is 23.9. The number of benzene rings is 1. The van der Waals surface area contributed by atoms with E-state index < -0.39 is 11.7 Å². The summed E-state index contributed by atoms with van der Waals surface area (Å²) in [5, 5.41) is 3.26. The molecule has 0 aliphatic heterocycles. The van der Waals surface area contributed by atoms with Crippen LogP contribution in [-0.2, 0) is 23.9 Å². The summed E-state index contributed by atoms with van der Waals surface area (Å²) < 4.78 is 38.9. The second kappa shape index (κ2) is 10.8. The van der Waals surface area contributed by atoms with E-state index in [4.69, 9.17) is 0 Å². The van der Waals surface area contributed by atoms with Crippen LogP contribution < -0.4 is 10.2 Å². The van der Waals surface area contributed by atoms with E-state index in [0.29, 0.717) is 42.1 Å². The molecule has 1 amide bonds. The van der Waals surface area contributed by atoms with E-state index in [2.05, 4.69) is 20.3 Å². The fourth-order valence-corrected chi connectivity index (χ4v) is 3.53. The van der Waals surface area contributed by atoms with E-state index in [9.17, 15) is 18.0 Å². The van der Waals surface area contributed by atoms with E-state index in [1.165, 1.54) is 17.0 Å². The van der Waals surface area contributed by atoms with Crippen molar-refractivity contribution in [1.29, 1.82) is 0 Å². The lowest BCUT2D eigenvalue weighted by molar-refractivity contribution is -0.137. The quantitative estimate of drug-likeness (QED) is 0.328. The van der Waals surface area contributed by atoms with Crippen LogP contribution in [0.1, 0.15) is 16.8 Å². The highest BCUT2D eigenvalue weighted by molar-refractivity contribution is 5.83. The number of nitrogens with zero attached hydrogens (tertiary/aromatic N) is 4. The molecule has 3 aromatic heterocycles. The molecule has 4 rings (SSSR count). The van der Waals surface area contributed by atoms with Crippen LogP contribution in [0.3, 0.4) is 0 Å². The second-order valence-electron chi connectivity index (χ2n) is 7.73. The molecular formula is C26H22F3N5O. The Bertz CT molecular complexity index is 1250. The van der Waals surface area contributed by atoms with Crippen molar-refractivity contribution in [1.82, 2.24) is 15.0 Å². The highest BCUT2D eigenvalue weighted by Gasteiger charge is 2.30. The molecule has 0 fully saturated rings. The van der Waals surface area contributed by atoms with Gasteiger partial charge in [-0.25, -0.2) is 4.98 Å². The van der Waals surface area contributed by atoms with Crippen LogP contribution in [0.15, 0.2) is 85.3 Å². The number of hydrogen-bond acceptors (Lipinski definition) is 5. The predicted molar refractivity (Wildman–Crippen MR) is 128 cm³/mol. The van der Waals surface area contributed by atoms with Crippen molar-refractivity contribution in [2.45, 2.75) is 19.1 Å². The molecule has 0 atom stereocenters. The Hall–Kier alpha value is -4.27. The monoisotopic (exact) mass is 477 g/mol. The zero-order chi connectivity index (χ0) is 24.7. The highest BCUT2D eigenvalue weighted by Crippen LogP contribution is 2.32. The van der Waals surface area contributed by atoms with E-state index >= 15 is 0 Å². The second-order valence-corrected chi connectivity index (χ2v) is 7.73. The Morgan fingerprint density at radius 3 is 2.43 bits per heavy atom. The molecule has 178 valence electrons. The molecule has 4 aromatic rings. The van der Waals surface area contributed by atoms with Gasteiger partial charge in [-0.1, -0.05) is 24.3 Å². The number of halogens is 3. The summed E-state index contributed by atoms with van der Waals surface area (Å²) in [4.78, 5) is 26.5. The summed E-state index contributed by atoms with van der Waals surface area (Å²) in [5.41, 5.74) is 2.56. The molecule has 0 saturated heterocycles. The summed E-state index contributed by atoms with van der Waals surface area (Å²) >= 11 is 0. The van der Waals surface area contributed by atoms with Crippen LogP contribution >= 0.6 is 0 Å². The van der Waals surface area contributed by atoms with Crippen molar-refractivity contribution < 1.29 is 18.0 Å². The third kappa shape index (κ3) is 6.20. The lowest BCUT2D eigenvalue weighted by Gasteiger charge is -2.21. The average Bonchev–Trinajstić information content (AvgIpc) is 2.88. The van der Waals surface area contributed by atoms with Gasteiger partial charge in [-0.2, -0.15) is 13.2 Å². The standard InChI is InChI=1S/C26H22F3N5O/c27-26(28,29)21-8-6-20(7-9-21)23-10-11-24(34(18-35)17-19-4-3-13-30-16-19)25(33-23)32-15-12-22-5-1-2-14-31-22/h1-11,13-14,16,18H,12,15,17H2,(H,32,33). The Morgan fingerprint density at radius 2 is 1.77 bits per heavy atom. The number of hydrogen-bond donors (Lipinski definition) is 1. The Labute approximate surface area is 200 Å². The molecule has 0 spiro atoms. The Kier molecular flexibility index (Phi) is 7.35. The number of aromatic nitrogens is 3. The largest absolute Gasteiger partial charge is 0.416 e. The van der Waals surface area contributed by atoms with Gasteiger partial charge >= 0.3 is 6.18 Å². The summed E-state index contributed by atoms with van der Waals surface area (Å²) in [7, 11) is 0. The summed E-state index contributed by atoms with van der Waals surface area (Å²) in [6, 6.07) is 17.5. The van der Waals surface area contributed by atoms with Crippen molar-refractivity contribution in [2.24, 2.45) is 0 Å². The van der Waals surface area contributed by atoms with Gasteiger partial charge in [-0.05, 0) is 48.0 Å². The third-order valence-corrected chi connectivity index (χ3v) is 5.29. The Balaban J connectivity index is 1.63. The van der Waals surface area contributed by atoms with Gasteiger partial charge < -0.3 is 10.2 Å². The van der Waals surface area contributed by atoms with Crippen LogP contribution in [-0.4, -0.2) is 27.9 Å². The molecular weight excluding hydrogens is 455 g/mol. The SMILES string of the molecule is O=CN(Cc1cccnc1)c1ccc(-c2ccc(C(F)(F)F)cc2)nc1NCCc1ccccn1. The van der Waals surface area contributed by atoms with E-state index in [0.717, 1.165) is 23.4 Å². The van der Waals surface area contributed by atoms with Gasteiger partial charge in [0.05, 0.1) is 23.5 Å². The summed E-state index contributed by atoms with van der Waals surface area (Å²) in [6.07, 6.45) is 1.97. The van der Waals surface area contributed by atoms with E-state index in [-0.39, 0.29) is 6.54 Å². The van der Waals surface area contributed by atoms with Gasteiger partial charge in [0.1, 0.15) is 0 Å². The van der Waals surface area contributed by atoms with Gasteiger partial charge in [-0.3, -0.25) is 14.8 Å². The van der Waals surface area contributed by atoms with Crippen LogP contribution in [0.4, 0.5) is 24.7 Å². The lowest BCUT2D eigenvalue weighted by atomic mass is 10.1. The number of alkyl halides is 3. The van der Waals surface area contributed by atoms with Gasteiger partial charge in [-0.15, -0.1) is 0 Å². The number of amides is 1. The fourth-order valence-electron chi connectivity index (χ4n) is 3.53. The molecule has 1 N–H and O–H groups in total. The first-order valence-corrected chi connectivity index (χ1v) is 10.9. The molecule has 3 heterocycles. The first-order valence-electron chi connectivity index (χ1n) is 10.9. The maximum atomic E-state index is 13.0.